The fraction of sp³-hybridized carbons (Fsp3) is 0.250. The number of hydrogen-bond acceptors (Lipinski definition) is 5. The molecule has 1 aromatic heterocycles. The van der Waals surface area contributed by atoms with E-state index < -0.39 is 5.41 Å². The highest BCUT2D eigenvalue weighted by Crippen LogP contribution is 2.33. The molecule has 0 aliphatic rings. The number of hydrogen-bond donors (Lipinski definition) is 3. The summed E-state index contributed by atoms with van der Waals surface area (Å²) in [5.74, 6) is 0.156. The van der Waals surface area contributed by atoms with Crippen LogP contribution in [0.1, 0.15) is 26.3 Å². The number of oxazole rings is 1. The third kappa shape index (κ3) is 4.25. The predicted octanol–water partition coefficient (Wildman–Crippen LogP) is 4.37. The molecule has 0 aliphatic carbocycles. The van der Waals surface area contributed by atoms with E-state index in [1.54, 1.807) is 32.9 Å². The average molecular weight is 383 g/mol. The van der Waals surface area contributed by atoms with Crippen molar-refractivity contribution in [3.63, 3.8) is 0 Å². The quantitative estimate of drug-likeness (QED) is 0.450. The van der Waals surface area contributed by atoms with Gasteiger partial charge < -0.3 is 20.2 Å². The largest absolute Gasteiger partial charge is 0.507 e. The summed E-state index contributed by atoms with van der Waals surface area (Å²) in [4.78, 5) is 16.5. The number of nitrogens with zero attached hydrogens (tertiary/aromatic N) is 1. The molecular weight excluding hydrogens is 362 g/mol. The molecule has 0 fully saturated rings. The summed E-state index contributed by atoms with van der Waals surface area (Å²) in [5.41, 5.74) is 2.89. The first-order chi connectivity index (χ1) is 12.6. The van der Waals surface area contributed by atoms with Crippen molar-refractivity contribution in [2.75, 3.05) is 5.32 Å². The van der Waals surface area contributed by atoms with Crippen molar-refractivity contribution >= 4 is 40.0 Å². The van der Waals surface area contributed by atoms with Crippen LogP contribution in [0, 0.1) is 12.3 Å². The maximum Gasteiger partial charge on any atom is 0.231 e. The Hall–Kier alpha value is -2.93. The number of benzene rings is 2. The van der Waals surface area contributed by atoms with E-state index in [1.807, 2.05) is 25.1 Å². The van der Waals surface area contributed by atoms with Crippen LogP contribution >= 0.6 is 12.2 Å². The summed E-state index contributed by atoms with van der Waals surface area (Å²) in [6.07, 6.45) is 0. The van der Waals surface area contributed by atoms with E-state index in [2.05, 4.69) is 15.6 Å². The molecule has 0 radical (unpaired) electrons. The van der Waals surface area contributed by atoms with E-state index in [0.29, 0.717) is 28.2 Å². The molecule has 3 rings (SSSR count). The topological polar surface area (TPSA) is 87.4 Å². The normalized spacial score (nSPS) is 11.4. The zero-order valence-corrected chi connectivity index (χ0v) is 16.4. The number of thiocarbonyl (C=S) groups is 1. The summed E-state index contributed by atoms with van der Waals surface area (Å²) in [5, 5.41) is 16.0. The van der Waals surface area contributed by atoms with Crippen LogP contribution < -0.4 is 10.6 Å². The lowest BCUT2D eigenvalue weighted by molar-refractivity contribution is -0.126. The van der Waals surface area contributed by atoms with Crippen LogP contribution in [0.5, 0.6) is 5.75 Å². The van der Waals surface area contributed by atoms with Crippen LogP contribution in [0.25, 0.3) is 22.6 Å². The highest BCUT2D eigenvalue weighted by atomic mass is 32.1. The van der Waals surface area contributed by atoms with Crippen LogP contribution in [0.4, 0.5) is 5.69 Å². The second-order valence-corrected chi connectivity index (χ2v) is 7.79. The molecular formula is C20H21N3O3S. The van der Waals surface area contributed by atoms with Gasteiger partial charge in [-0.2, -0.15) is 0 Å². The third-order valence-electron chi connectivity index (χ3n) is 3.94. The van der Waals surface area contributed by atoms with Gasteiger partial charge in [-0.25, -0.2) is 4.98 Å². The summed E-state index contributed by atoms with van der Waals surface area (Å²) < 4.78 is 5.78. The number of nitrogens with one attached hydrogen (secondary N) is 2. The van der Waals surface area contributed by atoms with Gasteiger partial charge in [0.15, 0.2) is 10.7 Å². The Kier molecular flexibility index (Phi) is 4.89. The van der Waals surface area contributed by atoms with Crippen molar-refractivity contribution in [3.8, 4) is 17.2 Å². The smallest absolute Gasteiger partial charge is 0.231 e. The number of aromatic nitrogens is 1. The van der Waals surface area contributed by atoms with E-state index >= 15 is 0 Å². The SMILES string of the molecule is Cc1ccc2nc(-c3cc(NC(=S)NC(=O)C(C)(C)C)ccc3O)oc2c1. The number of phenolic OH excluding ortho intramolecular Hbond substituents is 1. The Morgan fingerprint density at radius 1 is 1.19 bits per heavy atom. The first kappa shape index (κ1) is 18.8. The van der Waals surface area contributed by atoms with Crippen LogP contribution in [0.3, 0.4) is 0 Å². The molecule has 0 bridgehead atoms. The lowest BCUT2D eigenvalue weighted by atomic mass is 9.96. The number of aryl methyl sites for hydroxylation is 1. The summed E-state index contributed by atoms with van der Waals surface area (Å²) >= 11 is 5.20. The highest BCUT2D eigenvalue weighted by molar-refractivity contribution is 7.80. The summed E-state index contributed by atoms with van der Waals surface area (Å²) in [6, 6.07) is 10.6. The van der Waals surface area contributed by atoms with Gasteiger partial charge in [0.2, 0.25) is 11.8 Å². The number of anilines is 1. The number of rotatable bonds is 2. The van der Waals surface area contributed by atoms with E-state index in [9.17, 15) is 9.90 Å². The van der Waals surface area contributed by atoms with Crippen molar-refractivity contribution in [3.05, 3.63) is 42.0 Å². The fourth-order valence-electron chi connectivity index (χ4n) is 2.39. The molecule has 6 nitrogen and oxygen atoms in total. The molecule has 0 spiro atoms. The van der Waals surface area contributed by atoms with Crippen LogP contribution in [-0.4, -0.2) is 21.1 Å². The van der Waals surface area contributed by atoms with Gasteiger partial charge in [0.05, 0.1) is 5.56 Å². The Bertz CT molecular complexity index is 1030. The first-order valence-electron chi connectivity index (χ1n) is 8.46. The molecule has 0 atom stereocenters. The van der Waals surface area contributed by atoms with E-state index in [0.717, 1.165) is 5.56 Å². The Balaban J connectivity index is 1.85. The van der Waals surface area contributed by atoms with Crippen molar-refractivity contribution < 1.29 is 14.3 Å². The minimum absolute atomic E-state index is 0.0356. The second kappa shape index (κ2) is 7.00. The third-order valence-corrected chi connectivity index (χ3v) is 4.14. The monoisotopic (exact) mass is 383 g/mol. The highest BCUT2D eigenvalue weighted by Gasteiger charge is 2.22. The summed E-state index contributed by atoms with van der Waals surface area (Å²) in [6.45, 7) is 7.38. The number of carbonyl (C=O) groups excluding carboxylic acids is 1. The molecule has 7 heteroatoms. The van der Waals surface area contributed by atoms with E-state index in [4.69, 9.17) is 16.6 Å². The minimum atomic E-state index is -0.553. The average Bonchev–Trinajstić information content (AvgIpc) is 2.98. The lowest BCUT2D eigenvalue weighted by Crippen LogP contribution is -2.41. The maximum absolute atomic E-state index is 12.0. The standard InChI is InChI=1S/C20H21N3O3S/c1-11-5-7-14-16(9-11)26-17(22-14)13-10-12(6-8-15(13)24)21-19(27)23-18(25)20(2,3)4/h5-10,24H,1-4H3,(H2,21,23,25,27). The van der Waals surface area contributed by atoms with Crippen molar-refractivity contribution in [2.45, 2.75) is 27.7 Å². The van der Waals surface area contributed by atoms with Gasteiger partial charge in [-0.15, -0.1) is 0 Å². The number of carbonyl (C=O) groups is 1. The number of fused-ring (bicyclic) bond motifs is 1. The van der Waals surface area contributed by atoms with Gasteiger partial charge in [-0.3, -0.25) is 4.79 Å². The molecule has 0 aliphatic heterocycles. The Labute approximate surface area is 162 Å². The molecule has 1 amide bonds. The molecule has 1 heterocycles. The van der Waals surface area contributed by atoms with Crippen LogP contribution in [0.15, 0.2) is 40.8 Å². The molecule has 0 unspecified atom stereocenters. The predicted molar refractivity (Wildman–Crippen MR) is 110 cm³/mol. The number of aromatic hydroxyl groups is 1. The Morgan fingerprint density at radius 2 is 1.93 bits per heavy atom. The van der Waals surface area contributed by atoms with Crippen molar-refractivity contribution in [1.29, 1.82) is 0 Å². The zero-order chi connectivity index (χ0) is 19.8. The second-order valence-electron chi connectivity index (χ2n) is 7.38. The van der Waals surface area contributed by atoms with Gasteiger partial charge in [0, 0.05) is 11.1 Å². The zero-order valence-electron chi connectivity index (χ0n) is 15.6. The minimum Gasteiger partial charge on any atom is -0.507 e. The van der Waals surface area contributed by atoms with Gasteiger partial charge in [-0.1, -0.05) is 26.8 Å². The molecule has 27 heavy (non-hydrogen) atoms. The first-order valence-corrected chi connectivity index (χ1v) is 8.87. The van der Waals surface area contributed by atoms with Crippen LogP contribution in [0.2, 0.25) is 0 Å². The van der Waals surface area contributed by atoms with Gasteiger partial charge in [0.25, 0.3) is 0 Å². The molecule has 0 saturated carbocycles. The van der Waals surface area contributed by atoms with Crippen molar-refractivity contribution in [2.24, 2.45) is 5.41 Å². The van der Waals surface area contributed by atoms with E-state index in [1.165, 1.54) is 6.07 Å². The van der Waals surface area contributed by atoms with Gasteiger partial charge >= 0.3 is 0 Å². The van der Waals surface area contributed by atoms with E-state index in [-0.39, 0.29) is 16.8 Å². The number of amides is 1. The Morgan fingerprint density at radius 3 is 2.63 bits per heavy atom. The van der Waals surface area contributed by atoms with Gasteiger partial charge in [-0.05, 0) is 55.0 Å². The van der Waals surface area contributed by atoms with Crippen LogP contribution in [-0.2, 0) is 4.79 Å². The fourth-order valence-corrected chi connectivity index (χ4v) is 2.60. The molecule has 3 N–H and O–H groups in total. The van der Waals surface area contributed by atoms with Crippen molar-refractivity contribution in [1.82, 2.24) is 10.3 Å². The molecule has 3 aromatic rings. The van der Waals surface area contributed by atoms with Gasteiger partial charge in [0.1, 0.15) is 11.3 Å². The molecule has 2 aromatic carbocycles. The summed E-state index contributed by atoms with van der Waals surface area (Å²) in [7, 11) is 0. The lowest BCUT2D eigenvalue weighted by Gasteiger charge is -2.18. The number of phenols is 1. The molecule has 140 valence electrons. The maximum atomic E-state index is 12.0. The molecule has 0 saturated heterocycles.